The first-order valence-corrected chi connectivity index (χ1v) is 10.1. The number of hydrogen-bond donors (Lipinski definition) is 1. The molecule has 0 radical (unpaired) electrons. The largest absolute Gasteiger partial charge is 0.487 e. The number of ether oxygens (including phenoxy) is 2. The van der Waals surface area contributed by atoms with E-state index >= 15 is 0 Å². The molecule has 1 amide bonds. The van der Waals surface area contributed by atoms with Gasteiger partial charge in [0.1, 0.15) is 28.8 Å². The Morgan fingerprint density at radius 2 is 1.97 bits per heavy atom. The van der Waals surface area contributed by atoms with Crippen molar-refractivity contribution in [2.45, 2.75) is 32.8 Å². The zero-order valence-electron chi connectivity index (χ0n) is 23.5. The third kappa shape index (κ3) is 7.02. The van der Waals surface area contributed by atoms with Crippen molar-refractivity contribution in [3.63, 3.8) is 0 Å². The normalized spacial score (nSPS) is 17.7. The molecule has 2 rings (SSSR count). The summed E-state index contributed by atoms with van der Waals surface area (Å²) >= 11 is 12.1. The van der Waals surface area contributed by atoms with Gasteiger partial charge in [0.15, 0.2) is 0 Å². The van der Waals surface area contributed by atoms with Crippen molar-refractivity contribution >= 4 is 39.1 Å². The summed E-state index contributed by atoms with van der Waals surface area (Å²) in [5.41, 5.74) is -4.29. The van der Waals surface area contributed by atoms with Crippen molar-refractivity contribution in [2.75, 3.05) is 6.26 Å². The second kappa shape index (κ2) is 8.73. The number of pyridine rings is 1. The molecule has 2 aromatic rings. The lowest BCUT2D eigenvalue weighted by molar-refractivity contribution is 0.0977. The van der Waals surface area contributed by atoms with Gasteiger partial charge in [0.2, 0.25) is 15.9 Å². The molecule has 0 aliphatic carbocycles. The molecule has 0 fully saturated rings. The van der Waals surface area contributed by atoms with E-state index in [1.807, 2.05) is 0 Å². The first kappa shape index (κ1) is 13.3. The van der Waals surface area contributed by atoms with Gasteiger partial charge in [0, 0.05) is 29.0 Å². The molecular weight excluding hydrogens is 446 g/mol. The van der Waals surface area contributed by atoms with Crippen LogP contribution in [0.1, 0.15) is 48.8 Å². The fourth-order valence-electron chi connectivity index (χ4n) is 1.96. The summed E-state index contributed by atoms with van der Waals surface area (Å²) in [4.78, 5) is 15.6. The summed E-state index contributed by atoms with van der Waals surface area (Å²) in [5, 5.41) is -0.670. The molecule has 0 aliphatic heterocycles. The van der Waals surface area contributed by atoms with Gasteiger partial charge in [-0.1, -0.05) is 23.2 Å². The Bertz CT molecular complexity index is 1300. The molecule has 1 heterocycles. The topological polar surface area (TPSA) is 94.6 Å². The number of benzene rings is 1. The molecule has 1 N–H and O–H groups in total. The van der Waals surface area contributed by atoms with Gasteiger partial charge in [-0.2, -0.15) is 0 Å². The van der Waals surface area contributed by atoms with E-state index in [4.69, 9.17) is 45.0 Å². The van der Waals surface area contributed by atoms with E-state index < -0.39 is 71.0 Å². The molecule has 0 aliphatic rings. The van der Waals surface area contributed by atoms with E-state index in [1.165, 1.54) is 0 Å². The minimum Gasteiger partial charge on any atom is -0.487 e. The number of hydrogen-bond acceptors (Lipinski definition) is 6. The molecule has 0 atom stereocenters. The standard InChI is InChI=1S/C18H19Cl2FN2O5S/c1-18(2,3)28-17-14(20)6-11(8-22-17)27-9-10-5-15(21)12(7-13(10)19)16(24)23-29(4,25)26/h5-8H,9H2,1-4H3,(H,23,24)/i1D3,2D3,3D3. The van der Waals surface area contributed by atoms with Crippen LogP contribution >= 0.6 is 23.2 Å². The van der Waals surface area contributed by atoms with E-state index in [9.17, 15) is 17.6 Å². The Balaban J connectivity index is 2.32. The first-order chi connectivity index (χ1) is 17.0. The van der Waals surface area contributed by atoms with Crippen molar-refractivity contribution < 1.29 is 39.4 Å². The van der Waals surface area contributed by atoms with Crippen LogP contribution in [0.2, 0.25) is 10.0 Å². The maximum absolute atomic E-state index is 14.4. The number of amides is 1. The van der Waals surface area contributed by atoms with Gasteiger partial charge in [0.25, 0.3) is 5.91 Å². The number of nitrogens with zero attached hydrogens (tertiary/aromatic N) is 1. The van der Waals surface area contributed by atoms with Crippen LogP contribution in [-0.4, -0.2) is 31.2 Å². The van der Waals surface area contributed by atoms with Crippen molar-refractivity contribution in [1.29, 1.82) is 0 Å². The van der Waals surface area contributed by atoms with Crippen LogP contribution in [0.3, 0.4) is 0 Å². The number of sulfonamides is 1. The SMILES string of the molecule is [2H]C([2H])([2H])C(Oc1ncc(OCc2cc(F)c(C(=O)NS(C)(=O)=O)cc2Cl)cc1Cl)(C([2H])([2H])[2H])C([2H])([2H])[2H]. The number of nitrogens with one attached hydrogen (secondary N) is 1. The molecule has 1 aromatic carbocycles. The lowest BCUT2D eigenvalue weighted by Gasteiger charge is -2.21. The second-order valence-corrected chi connectivity index (χ2v) is 8.22. The van der Waals surface area contributed by atoms with E-state index in [1.54, 1.807) is 4.72 Å². The first-order valence-electron chi connectivity index (χ1n) is 12.0. The van der Waals surface area contributed by atoms with Gasteiger partial charge in [-0.3, -0.25) is 4.79 Å². The predicted molar refractivity (Wildman–Crippen MR) is 108 cm³/mol. The molecule has 11 heteroatoms. The summed E-state index contributed by atoms with van der Waals surface area (Å²) in [7, 11) is -3.96. The quantitative estimate of drug-likeness (QED) is 0.681. The number of aromatic nitrogens is 1. The average molecular weight is 474 g/mol. The second-order valence-electron chi connectivity index (χ2n) is 5.66. The van der Waals surface area contributed by atoms with Gasteiger partial charge < -0.3 is 9.47 Å². The molecule has 29 heavy (non-hydrogen) atoms. The molecule has 0 bridgehead atoms. The van der Waals surface area contributed by atoms with Gasteiger partial charge in [-0.05, 0) is 32.7 Å². The molecule has 0 saturated heterocycles. The van der Waals surface area contributed by atoms with Crippen LogP contribution in [0, 0.1) is 5.82 Å². The summed E-state index contributed by atoms with van der Waals surface area (Å²) in [6.07, 6.45) is 1.61. The zero-order valence-corrected chi connectivity index (χ0v) is 16.9. The highest BCUT2D eigenvalue weighted by Gasteiger charge is 2.19. The number of rotatable bonds is 6. The third-order valence-corrected chi connectivity index (χ3v) is 4.26. The Labute approximate surface area is 190 Å². The maximum Gasteiger partial charge on any atom is 0.267 e. The van der Waals surface area contributed by atoms with Crippen LogP contribution in [-0.2, 0) is 16.6 Å². The molecule has 158 valence electrons. The highest BCUT2D eigenvalue weighted by molar-refractivity contribution is 7.89. The molecule has 0 unspecified atom stereocenters. The summed E-state index contributed by atoms with van der Waals surface area (Å²) in [6, 6.07) is 2.71. The van der Waals surface area contributed by atoms with Gasteiger partial charge in [-0.25, -0.2) is 22.5 Å². The van der Waals surface area contributed by atoms with Crippen molar-refractivity contribution in [3.8, 4) is 11.6 Å². The monoisotopic (exact) mass is 473 g/mol. The van der Waals surface area contributed by atoms with Crippen LogP contribution in [0.4, 0.5) is 4.39 Å². The minimum atomic E-state index is -3.96. The predicted octanol–water partition coefficient (Wildman–Crippen LogP) is 3.97. The Morgan fingerprint density at radius 3 is 2.55 bits per heavy atom. The smallest absolute Gasteiger partial charge is 0.267 e. The molecule has 1 aromatic heterocycles. The summed E-state index contributed by atoms with van der Waals surface area (Å²) < 4.78 is 117. The summed E-state index contributed by atoms with van der Waals surface area (Å²) in [6.45, 7) is -11.4. The average Bonchev–Trinajstić information content (AvgIpc) is 2.69. The molecule has 0 saturated carbocycles. The fraction of sp³-hybridized carbons (Fsp3) is 0.333. The number of carbonyl (C=O) groups excluding carboxylic acids is 1. The summed E-state index contributed by atoms with van der Waals surface area (Å²) in [5.74, 6) is -3.29. The van der Waals surface area contributed by atoms with Crippen LogP contribution in [0.25, 0.3) is 0 Å². The lowest BCUT2D eigenvalue weighted by Crippen LogP contribution is -2.30. The maximum atomic E-state index is 14.4. The van der Waals surface area contributed by atoms with E-state index in [2.05, 4.69) is 4.98 Å². The van der Waals surface area contributed by atoms with E-state index in [0.29, 0.717) is 6.26 Å². The minimum absolute atomic E-state index is 0.0164. The van der Waals surface area contributed by atoms with E-state index in [0.717, 1.165) is 24.4 Å². The molecule has 7 nitrogen and oxygen atoms in total. The van der Waals surface area contributed by atoms with Crippen LogP contribution < -0.4 is 14.2 Å². The van der Waals surface area contributed by atoms with Gasteiger partial charge in [0.05, 0.1) is 18.0 Å². The van der Waals surface area contributed by atoms with Gasteiger partial charge in [-0.15, -0.1) is 0 Å². The molecular formula is C18H19Cl2FN2O5S. The van der Waals surface area contributed by atoms with Gasteiger partial charge >= 0.3 is 0 Å². The van der Waals surface area contributed by atoms with Crippen LogP contribution in [0.5, 0.6) is 11.6 Å². The van der Waals surface area contributed by atoms with Crippen molar-refractivity contribution in [1.82, 2.24) is 9.71 Å². The Hall–Kier alpha value is -2.10. The highest BCUT2D eigenvalue weighted by Crippen LogP contribution is 2.29. The Morgan fingerprint density at radius 1 is 1.28 bits per heavy atom. The third-order valence-electron chi connectivity index (χ3n) is 3.09. The van der Waals surface area contributed by atoms with E-state index in [-0.39, 0.29) is 16.3 Å². The Kier molecular flexibility index (Phi) is 3.99. The fourth-order valence-corrected chi connectivity index (χ4v) is 2.82. The van der Waals surface area contributed by atoms with Crippen LogP contribution in [0.15, 0.2) is 24.4 Å². The van der Waals surface area contributed by atoms with Crippen molar-refractivity contribution in [2.24, 2.45) is 0 Å². The number of carbonyl (C=O) groups is 1. The van der Waals surface area contributed by atoms with Crippen molar-refractivity contribution in [3.05, 3.63) is 51.4 Å². The highest BCUT2D eigenvalue weighted by atomic mass is 35.5. The molecule has 0 spiro atoms. The zero-order chi connectivity index (χ0) is 29.5. The number of halogens is 3. The lowest BCUT2D eigenvalue weighted by atomic mass is 10.1.